The second-order valence-corrected chi connectivity index (χ2v) is 6.71. The molecule has 3 rings (SSSR count). The smallest absolute Gasteiger partial charge is 0.123 e. The van der Waals surface area contributed by atoms with Gasteiger partial charge >= 0.3 is 0 Å². The van der Waals surface area contributed by atoms with Crippen molar-refractivity contribution in [1.82, 2.24) is 9.80 Å². The lowest BCUT2D eigenvalue weighted by molar-refractivity contribution is 0.0267. The van der Waals surface area contributed by atoms with Crippen LogP contribution in [0.4, 0.5) is 4.39 Å². The summed E-state index contributed by atoms with van der Waals surface area (Å²) in [6.45, 7) is 4.15. The molecule has 0 unspecified atom stereocenters. The predicted octanol–water partition coefficient (Wildman–Crippen LogP) is 2.64. The SMILES string of the molecule is OCC[C@H]1CN(Cc2cccc(F)c2)CCN1C1CCCC1. The van der Waals surface area contributed by atoms with Crippen molar-refractivity contribution in [1.29, 1.82) is 0 Å². The lowest BCUT2D eigenvalue weighted by atomic mass is 10.0. The van der Waals surface area contributed by atoms with Crippen LogP contribution in [0.15, 0.2) is 24.3 Å². The summed E-state index contributed by atoms with van der Waals surface area (Å²) in [6.07, 6.45) is 6.16. The van der Waals surface area contributed by atoms with Gasteiger partial charge in [-0.2, -0.15) is 0 Å². The highest BCUT2D eigenvalue weighted by Crippen LogP contribution is 2.28. The van der Waals surface area contributed by atoms with Crippen LogP contribution in [0.1, 0.15) is 37.7 Å². The van der Waals surface area contributed by atoms with E-state index < -0.39 is 0 Å². The van der Waals surface area contributed by atoms with Gasteiger partial charge < -0.3 is 5.11 Å². The Morgan fingerprint density at radius 3 is 2.73 bits per heavy atom. The normalized spacial score (nSPS) is 24.9. The third kappa shape index (κ3) is 3.86. The van der Waals surface area contributed by atoms with Crippen LogP contribution in [0.2, 0.25) is 0 Å². The molecule has 3 nitrogen and oxygen atoms in total. The Labute approximate surface area is 132 Å². The van der Waals surface area contributed by atoms with E-state index in [9.17, 15) is 9.50 Å². The summed E-state index contributed by atoms with van der Waals surface area (Å²) in [6, 6.07) is 8.06. The van der Waals surface area contributed by atoms with Gasteiger partial charge in [-0.1, -0.05) is 25.0 Å². The fourth-order valence-electron chi connectivity index (χ4n) is 4.09. The lowest BCUT2D eigenvalue weighted by Gasteiger charge is -2.44. The van der Waals surface area contributed by atoms with Gasteiger partial charge in [0.1, 0.15) is 5.82 Å². The van der Waals surface area contributed by atoms with Crippen LogP contribution in [0.3, 0.4) is 0 Å². The highest BCUT2D eigenvalue weighted by atomic mass is 19.1. The van der Waals surface area contributed by atoms with Gasteiger partial charge in [-0.15, -0.1) is 0 Å². The summed E-state index contributed by atoms with van der Waals surface area (Å²) < 4.78 is 13.3. The molecular weight excluding hydrogens is 279 g/mol. The van der Waals surface area contributed by atoms with Crippen LogP contribution in [-0.2, 0) is 6.54 Å². The maximum atomic E-state index is 13.3. The number of rotatable bonds is 5. The number of piperazine rings is 1. The first kappa shape index (κ1) is 15.9. The molecule has 0 aromatic heterocycles. The minimum absolute atomic E-state index is 0.158. The van der Waals surface area contributed by atoms with Gasteiger partial charge in [0.15, 0.2) is 0 Å². The largest absolute Gasteiger partial charge is 0.396 e. The second kappa shape index (κ2) is 7.53. The summed E-state index contributed by atoms with van der Waals surface area (Å²) in [5.74, 6) is -0.158. The number of hydrogen-bond acceptors (Lipinski definition) is 3. The predicted molar refractivity (Wildman–Crippen MR) is 86.1 cm³/mol. The molecule has 1 N–H and O–H groups in total. The molecule has 22 heavy (non-hydrogen) atoms. The molecule has 1 saturated carbocycles. The zero-order valence-electron chi connectivity index (χ0n) is 13.3. The maximum absolute atomic E-state index is 13.3. The molecule has 0 bridgehead atoms. The molecule has 1 heterocycles. The first-order valence-electron chi connectivity index (χ1n) is 8.59. The van der Waals surface area contributed by atoms with E-state index in [0.29, 0.717) is 12.1 Å². The maximum Gasteiger partial charge on any atom is 0.123 e. The average Bonchev–Trinajstić information content (AvgIpc) is 3.02. The van der Waals surface area contributed by atoms with Crippen molar-refractivity contribution in [3.8, 4) is 0 Å². The van der Waals surface area contributed by atoms with Crippen molar-refractivity contribution in [2.45, 2.75) is 50.7 Å². The van der Waals surface area contributed by atoms with Crippen molar-refractivity contribution in [3.63, 3.8) is 0 Å². The second-order valence-electron chi connectivity index (χ2n) is 6.71. The monoisotopic (exact) mass is 306 g/mol. The Morgan fingerprint density at radius 2 is 2.00 bits per heavy atom. The molecule has 2 aliphatic rings. The van der Waals surface area contributed by atoms with Crippen LogP contribution in [0.25, 0.3) is 0 Å². The molecular formula is C18H27FN2O. The zero-order chi connectivity index (χ0) is 15.4. The number of aliphatic hydroxyl groups is 1. The summed E-state index contributed by atoms with van der Waals surface area (Å²) >= 11 is 0. The number of aliphatic hydroxyl groups excluding tert-OH is 1. The van der Waals surface area contributed by atoms with Gasteiger partial charge in [-0.25, -0.2) is 4.39 Å². The molecule has 0 radical (unpaired) electrons. The lowest BCUT2D eigenvalue weighted by Crippen LogP contribution is -2.56. The summed E-state index contributed by atoms with van der Waals surface area (Å²) in [5.41, 5.74) is 1.04. The van der Waals surface area contributed by atoms with Crippen LogP contribution >= 0.6 is 0 Å². The van der Waals surface area contributed by atoms with E-state index in [4.69, 9.17) is 0 Å². The first-order chi connectivity index (χ1) is 10.8. The fraction of sp³-hybridized carbons (Fsp3) is 0.667. The molecule has 2 fully saturated rings. The van der Waals surface area contributed by atoms with E-state index >= 15 is 0 Å². The zero-order valence-corrected chi connectivity index (χ0v) is 13.3. The Kier molecular flexibility index (Phi) is 5.45. The average molecular weight is 306 g/mol. The third-order valence-corrected chi connectivity index (χ3v) is 5.16. The van der Waals surface area contributed by atoms with Crippen molar-refractivity contribution >= 4 is 0 Å². The molecule has 1 saturated heterocycles. The van der Waals surface area contributed by atoms with Gasteiger partial charge in [0.05, 0.1) is 0 Å². The Hall–Kier alpha value is -0.970. The summed E-state index contributed by atoms with van der Waals surface area (Å²) in [5, 5.41) is 9.40. The van der Waals surface area contributed by atoms with Crippen molar-refractivity contribution in [3.05, 3.63) is 35.6 Å². The first-order valence-corrected chi connectivity index (χ1v) is 8.59. The number of hydrogen-bond donors (Lipinski definition) is 1. The van der Waals surface area contributed by atoms with E-state index in [1.165, 1.54) is 31.7 Å². The van der Waals surface area contributed by atoms with Gasteiger partial charge in [-0.3, -0.25) is 9.80 Å². The van der Waals surface area contributed by atoms with Gasteiger partial charge in [0, 0.05) is 44.9 Å². The molecule has 1 aliphatic carbocycles. The quantitative estimate of drug-likeness (QED) is 0.906. The van der Waals surface area contributed by atoms with E-state index in [-0.39, 0.29) is 12.4 Å². The molecule has 1 aromatic rings. The van der Waals surface area contributed by atoms with E-state index in [0.717, 1.165) is 38.2 Å². The highest BCUT2D eigenvalue weighted by molar-refractivity contribution is 5.16. The minimum Gasteiger partial charge on any atom is -0.396 e. The number of benzene rings is 1. The van der Waals surface area contributed by atoms with Crippen LogP contribution in [0, 0.1) is 5.82 Å². The topological polar surface area (TPSA) is 26.7 Å². The molecule has 122 valence electrons. The Balaban J connectivity index is 1.61. The standard InChI is InChI=1S/C18H27FN2O/c19-16-5-3-4-15(12-16)13-20-9-10-21(17-6-1-2-7-17)18(14-20)8-11-22/h3-5,12,17-18,22H,1-2,6-11,13-14H2/t18-/m0/s1. The van der Waals surface area contributed by atoms with Crippen molar-refractivity contribution < 1.29 is 9.50 Å². The van der Waals surface area contributed by atoms with E-state index in [2.05, 4.69) is 9.80 Å². The van der Waals surface area contributed by atoms with E-state index in [1.807, 2.05) is 6.07 Å². The van der Waals surface area contributed by atoms with Crippen LogP contribution in [-0.4, -0.2) is 53.2 Å². The highest BCUT2D eigenvalue weighted by Gasteiger charge is 2.32. The van der Waals surface area contributed by atoms with Crippen molar-refractivity contribution in [2.24, 2.45) is 0 Å². The number of halogens is 1. The Bertz CT molecular complexity index is 476. The fourth-order valence-corrected chi connectivity index (χ4v) is 4.09. The Morgan fingerprint density at radius 1 is 1.18 bits per heavy atom. The molecule has 4 heteroatoms. The van der Waals surface area contributed by atoms with Crippen LogP contribution in [0.5, 0.6) is 0 Å². The van der Waals surface area contributed by atoms with Gasteiger partial charge in [0.25, 0.3) is 0 Å². The molecule has 1 aliphatic heterocycles. The molecule has 0 spiro atoms. The summed E-state index contributed by atoms with van der Waals surface area (Å²) in [7, 11) is 0. The molecule has 1 aromatic carbocycles. The number of nitrogens with zero attached hydrogens (tertiary/aromatic N) is 2. The van der Waals surface area contributed by atoms with Crippen LogP contribution < -0.4 is 0 Å². The van der Waals surface area contributed by atoms with Crippen molar-refractivity contribution in [2.75, 3.05) is 26.2 Å². The van der Waals surface area contributed by atoms with Gasteiger partial charge in [0.2, 0.25) is 0 Å². The third-order valence-electron chi connectivity index (χ3n) is 5.16. The van der Waals surface area contributed by atoms with Gasteiger partial charge in [-0.05, 0) is 37.0 Å². The minimum atomic E-state index is -0.158. The molecule has 1 atom stereocenters. The summed E-state index contributed by atoms with van der Waals surface area (Å²) in [4.78, 5) is 5.03. The molecule has 0 amide bonds. The van der Waals surface area contributed by atoms with E-state index in [1.54, 1.807) is 12.1 Å².